The minimum absolute atomic E-state index is 0.359. The van der Waals surface area contributed by atoms with Crippen LogP contribution in [0.5, 0.6) is 0 Å². The molecule has 2 heterocycles. The summed E-state index contributed by atoms with van der Waals surface area (Å²) in [6.07, 6.45) is -9.30. The van der Waals surface area contributed by atoms with E-state index < -0.39 is 56.6 Å². The van der Waals surface area contributed by atoms with E-state index in [-0.39, 0.29) is 11.4 Å². The highest BCUT2D eigenvalue weighted by atomic mass is 79.9. The molecule has 0 saturated heterocycles. The van der Waals surface area contributed by atoms with Gasteiger partial charge in [0.25, 0.3) is 0 Å². The Kier molecular flexibility index (Phi) is 8.08. The average Bonchev–Trinajstić information content (AvgIpc) is 2.62. The number of aromatic nitrogens is 2. The summed E-state index contributed by atoms with van der Waals surface area (Å²) in [5.41, 5.74) is 6.03. The summed E-state index contributed by atoms with van der Waals surface area (Å²) in [6.45, 7) is 0. The zero-order valence-corrected chi connectivity index (χ0v) is 17.2. The van der Waals surface area contributed by atoms with Crippen LogP contribution >= 0.6 is 27.5 Å². The van der Waals surface area contributed by atoms with Gasteiger partial charge in [-0.25, -0.2) is 19.6 Å². The third-order valence-corrected chi connectivity index (χ3v) is 4.10. The Hall–Kier alpha value is -2.81. The maximum atomic E-state index is 12.4. The molecule has 8 nitrogen and oxygen atoms in total. The average molecular weight is 540 g/mol. The number of ether oxygens (including phenoxy) is 1. The Labute approximate surface area is 182 Å². The molecule has 2 aromatic rings. The molecule has 0 saturated carbocycles. The molecule has 0 aromatic carbocycles. The molecule has 31 heavy (non-hydrogen) atoms. The Morgan fingerprint density at radius 3 is 1.87 bits per heavy atom. The largest absolute Gasteiger partial charge is 0.476 e. The normalized spacial score (nSPS) is 11.4. The second-order valence-electron chi connectivity index (χ2n) is 5.32. The highest BCUT2D eigenvalue weighted by Crippen LogP contribution is 2.36. The molecule has 0 atom stereocenters. The van der Waals surface area contributed by atoms with Gasteiger partial charge in [0, 0.05) is 0 Å². The second kappa shape index (κ2) is 9.55. The quantitative estimate of drug-likeness (QED) is 0.292. The standard InChI is InChI=1S/C8H6BrF3N2O2.C7H4ClF3N2O2/c1-16-7(15)5-4(13)2-3(6(9)14-5)8(10,11)12;8-5-2(7(9,10)11)1-3(12)4(13-5)6(14)15/h2H,13H2,1H3;1H,12H2,(H,14,15). The van der Waals surface area contributed by atoms with E-state index in [0.29, 0.717) is 12.1 Å². The van der Waals surface area contributed by atoms with Crippen LogP contribution in [0.25, 0.3) is 0 Å². The van der Waals surface area contributed by atoms with Crippen LogP contribution < -0.4 is 11.5 Å². The molecular formula is C15H10BrClF6N4O4. The number of methoxy groups -OCH3 is 1. The van der Waals surface area contributed by atoms with Gasteiger partial charge in [-0.15, -0.1) is 0 Å². The van der Waals surface area contributed by atoms with Crippen LogP contribution in [-0.2, 0) is 17.1 Å². The van der Waals surface area contributed by atoms with Crippen LogP contribution in [0.2, 0.25) is 5.15 Å². The fourth-order valence-electron chi connectivity index (χ4n) is 1.84. The van der Waals surface area contributed by atoms with E-state index in [2.05, 4.69) is 30.6 Å². The Balaban J connectivity index is 0.000000311. The topological polar surface area (TPSA) is 141 Å². The molecule has 0 radical (unpaired) electrons. The number of pyridine rings is 2. The first-order chi connectivity index (χ1) is 14.0. The molecule has 0 fully saturated rings. The van der Waals surface area contributed by atoms with E-state index in [9.17, 15) is 35.9 Å². The summed E-state index contributed by atoms with van der Waals surface area (Å²) in [4.78, 5) is 28.0. The summed E-state index contributed by atoms with van der Waals surface area (Å²) in [7, 11) is 1.08. The molecule has 0 aliphatic rings. The summed E-state index contributed by atoms with van der Waals surface area (Å²) in [6, 6.07) is 1.07. The Morgan fingerprint density at radius 2 is 1.45 bits per heavy atom. The number of esters is 1. The predicted octanol–water partition coefficient (Wildman–Crippen LogP) is 4.27. The number of halogens is 8. The van der Waals surface area contributed by atoms with Gasteiger partial charge in [0.2, 0.25) is 0 Å². The van der Waals surface area contributed by atoms with Gasteiger partial charge in [0.05, 0.1) is 29.6 Å². The summed E-state index contributed by atoms with van der Waals surface area (Å²) in [5, 5.41) is 7.57. The number of carboxylic acid groups (broad SMARTS) is 1. The van der Waals surface area contributed by atoms with Gasteiger partial charge in [0.1, 0.15) is 9.76 Å². The van der Waals surface area contributed by atoms with E-state index >= 15 is 0 Å². The summed E-state index contributed by atoms with van der Waals surface area (Å²) < 4.78 is 77.7. The molecule has 0 bridgehead atoms. The SMILES string of the molecule is COC(=O)c1nc(Br)c(C(F)(F)F)cc1N.Nc1cc(C(F)(F)F)c(Cl)nc1C(=O)O. The van der Waals surface area contributed by atoms with E-state index in [1.165, 1.54) is 0 Å². The zero-order valence-electron chi connectivity index (χ0n) is 14.9. The number of carbonyl (C=O) groups is 2. The van der Waals surface area contributed by atoms with Crippen molar-refractivity contribution in [2.75, 3.05) is 18.6 Å². The van der Waals surface area contributed by atoms with Crippen LogP contribution in [0.1, 0.15) is 32.1 Å². The number of nitrogen functional groups attached to an aromatic ring is 2. The maximum absolute atomic E-state index is 12.4. The number of nitrogens with two attached hydrogens (primary N) is 2. The minimum Gasteiger partial charge on any atom is -0.476 e. The number of alkyl halides is 6. The molecule has 0 spiro atoms. The monoisotopic (exact) mass is 538 g/mol. The van der Waals surface area contributed by atoms with E-state index in [4.69, 9.17) is 28.2 Å². The lowest BCUT2D eigenvalue weighted by atomic mass is 10.2. The lowest BCUT2D eigenvalue weighted by molar-refractivity contribution is -0.139. The van der Waals surface area contributed by atoms with Crippen LogP contribution in [0.3, 0.4) is 0 Å². The van der Waals surface area contributed by atoms with Crippen LogP contribution in [-0.4, -0.2) is 34.1 Å². The molecule has 0 aliphatic heterocycles. The number of rotatable bonds is 2. The molecule has 2 rings (SSSR count). The van der Waals surface area contributed by atoms with E-state index in [1.54, 1.807) is 0 Å². The number of hydrogen-bond donors (Lipinski definition) is 3. The molecule has 0 unspecified atom stereocenters. The van der Waals surface area contributed by atoms with Crippen molar-refractivity contribution >= 4 is 50.8 Å². The zero-order chi connectivity index (χ0) is 24.3. The van der Waals surface area contributed by atoms with Crippen molar-refractivity contribution < 1.29 is 45.8 Å². The maximum Gasteiger partial charge on any atom is 0.419 e. The highest BCUT2D eigenvalue weighted by molar-refractivity contribution is 9.10. The van der Waals surface area contributed by atoms with E-state index in [1.807, 2.05) is 0 Å². The number of anilines is 2. The number of aromatic carboxylic acids is 1. The molecule has 5 N–H and O–H groups in total. The van der Waals surface area contributed by atoms with Crippen LogP contribution in [0.15, 0.2) is 16.7 Å². The van der Waals surface area contributed by atoms with Crippen molar-refractivity contribution in [1.82, 2.24) is 9.97 Å². The van der Waals surface area contributed by atoms with Crippen LogP contribution in [0, 0.1) is 0 Å². The van der Waals surface area contributed by atoms with Crippen LogP contribution in [0.4, 0.5) is 37.7 Å². The molecular weight excluding hydrogens is 530 g/mol. The fraction of sp³-hybridized carbons (Fsp3) is 0.200. The molecule has 0 amide bonds. The van der Waals surface area contributed by atoms with Gasteiger partial charge in [0.15, 0.2) is 11.4 Å². The lowest BCUT2D eigenvalue weighted by Gasteiger charge is -2.11. The first-order valence-electron chi connectivity index (χ1n) is 7.38. The van der Waals surface area contributed by atoms with Gasteiger partial charge in [-0.2, -0.15) is 26.3 Å². The number of carboxylic acids is 1. The molecule has 16 heteroatoms. The minimum atomic E-state index is -4.71. The third kappa shape index (κ3) is 6.58. The lowest BCUT2D eigenvalue weighted by Crippen LogP contribution is -2.14. The fourth-order valence-corrected chi connectivity index (χ4v) is 2.60. The van der Waals surface area contributed by atoms with Gasteiger partial charge in [-0.05, 0) is 28.1 Å². The Bertz CT molecular complexity index is 1020. The summed E-state index contributed by atoms with van der Waals surface area (Å²) >= 11 is 7.80. The Morgan fingerprint density at radius 1 is 1.00 bits per heavy atom. The first kappa shape index (κ1) is 26.2. The van der Waals surface area contributed by atoms with Gasteiger partial charge in [-0.3, -0.25) is 0 Å². The van der Waals surface area contributed by atoms with Crippen molar-refractivity contribution in [2.45, 2.75) is 12.4 Å². The van der Waals surface area contributed by atoms with Crippen molar-refractivity contribution in [1.29, 1.82) is 0 Å². The van der Waals surface area contributed by atoms with Gasteiger partial charge < -0.3 is 21.3 Å². The molecule has 2 aromatic heterocycles. The van der Waals surface area contributed by atoms with Crippen molar-refractivity contribution in [3.8, 4) is 0 Å². The van der Waals surface area contributed by atoms with Gasteiger partial charge >= 0.3 is 24.3 Å². The molecule has 0 aliphatic carbocycles. The van der Waals surface area contributed by atoms with Crippen molar-refractivity contribution in [3.05, 3.63) is 44.4 Å². The number of nitrogens with zero attached hydrogens (tertiary/aromatic N) is 2. The second-order valence-corrected chi connectivity index (χ2v) is 6.43. The molecule has 170 valence electrons. The van der Waals surface area contributed by atoms with Gasteiger partial charge in [-0.1, -0.05) is 11.6 Å². The highest BCUT2D eigenvalue weighted by Gasteiger charge is 2.36. The smallest absolute Gasteiger partial charge is 0.419 e. The third-order valence-electron chi connectivity index (χ3n) is 3.20. The summed E-state index contributed by atoms with van der Waals surface area (Å²) in [5.74, 6) is -2.44. The van der Waals surface area contributed by atoms with Crippen molar-refractivity contribution in [3.63, 3.8) is 0 Å². The number of carbonyl (C=O) groups excluding carboxylic acids is 1. The van der Waals surface area contributed by atoms with E-state index in [0.717, 1.165) is 7.11 Å². The predicted molar refractivity (Wildman–Crippen MR) is 98.3 cm³/mol. The first-order valence-corrected chi connectivity index (χ1v) is 8.55. The number of hydrogen-bond acceptors (Lipinski definition) is 7. The van der Waals surface area contributed by atoms with Crippen molar-refractivity contribution in [2.24, 2.45) is 0 Å².